The lowest BCUT2D eigenvalue weighted by atomic mass is 9.58. The number of rotatable bonds is 6. The van der Waals surface area contributed by atoms with E-state index in [4.69, 9.17) is 4.74 Å². The lowest BCUT2D eigenvalue weighted by Gasteiger charge is -2.55. The molecule has 0 aliphatic heterocycles. The van der Waals surface area contributed by atoms with Gasteiger partial charge in [0.15, 0.2) is 12.1 Å². The molecule has 0 radical (unpaired) electrons. The molecular formula is C15H21F3N2O3. The van der Waals surface area contributed by atoms with Crippen molar-refractivity contribution in [3.05, 3.63) is 17.8 Å². The second-order valence-electron chi connectivity index (χ2n) is 5.67. The number of hydrogen-bond donors (Lipinski definition) is 1. The third-order valence-electron chi connectivity index (χ3n) is 4.81. The minimum atomic E-state index is -4.75. The van der Waals surface area contributed by atoms with E-state index in [1.807, 2.05) is 20.8 Å². The van der Waals surface area contributed by atoms with Gasteiger partial charge in [-0.15, -0.1) is 0 Å². The Morgan fingerprint density at radius 1 is 1.43 bits per heavy atom. The van der Waals surface area contributed by atoms with Gasteiger partial charge in [0.1, 0.15) is 0 Å². The molecule has 0 unspecified atom stereocenters. The van der Waals surface area contributed by atoms with Gasteiger partial charge in [0.2, 0.25) is 5.76 Å². The fourth-order valence-electron chi connectivity index (χ4n) is 3.42. The number of alkyl halides is 3. The van der Waals surface area contributed by atoms with Crippen molar-refractivity contribution >= 4 is 5.91 Å². The summed E-state index contributed by atoms with van der Waals surface area (Å²) < 4.78 is 48.4. The lowest BCUT2D eigenvalue weighted by molar-refractivity contribution is -0.153. The first-order valence-corrected chi connectivity index (χ1v) is 7.73. The first-order chi connectivity index (χ1) is 10.8. The van der Waals surface area contributed by atoms with Gasteiger partial charge in [-0.1, -0.05) is 13.8 Å². The molecule has 1 N–H and O–H groups in total. The number of halogens is 3. The van der Waals surface area contributed by atoms with Crippen molar-refractivity contribution in [2.75, 3.05) is 6.61 Å². The Balaban J connectivity index is 2.14. The number of aromatic nitrogens is 1. The van der Waals surface area contributed by atoms with E-state index in [2.05, 4.69) is 14.7 Å². The maximum Gasteiger partial charge on any atom is 0.452 e. The Bertz CT molecular complexity index is 552. The van der Waals surface area contributed by atoms with Crippen LogP contribution in [0.1, 0.15) is 56.3 Å². The molecule has 0 aromatic carbocycles. The Morgan fingerprint density at radius 3 is 2.61 bits per heavy atom. The third-order valence-corrected chi connectivity index (χ3v) is 4.81. The zero-order valence-electron chi connectivity index (χ0n) is 13.4. The third kappa shape index (κ3) is 3.08. The highest BCUT2D eigenvalue weighted by Crippen LogP contribution is 2.49. The lowest BCUT2D eigenvalue weighted by Crippen LogP contribution is -2.64. The SMILES string of the molecule is CCO[C@H]1C[C@@H](NC(=O)c2ncoc2C(F)(F)F)C1(CC)CC. The van der Waals surface area contributed by atoms with E-state index in [1.54, 1.807) is 0 Å². The van der Waals surface area contributed by atoms with Gasteiger partial charge in [0, 0.05) is 18.1 Å². The molecular weight excluding hydrogens is 313 g/mol. The molecule has 1 amide bonds. The van der Waals surface area contributed by atoms with E-state index >= 15 is 0 Å². The van der Waals surface area contributed by atoms with Gasteiger partial charge in [-0.2, -0.15) is 13.2 Å². The predicted molar refractivity (Wildman–Crippen MR) is 75.8 cm³/mol. The average Bonchev–Trinajstić information content (AvgIpc) is 2.97. The molecule has 0 bridgehead atoms. The molecule has 1 aliphatic carbocycles. The fourth-order valence-corrected chi connectivity index (χ4v) is 3.42. The molecule has 1 saturated carbocycles. The van der Waals surface area contributed by atoms with Gasteiger partial charge in [0.25, 0.3) is 5.91 Å². The number of amides is 1. The first kappa shape index (κ1) is 17.8. The van der Waals surface area contributed by atoms with E-state index in [0.717, 1.165) is 12.8 Å². The summed E-state index contributed by atoms with van der Waals surface area (Å²) in [7, 11) is 0. The number of carbonyl (C=O) groups excluding carboxylic acids is 1. The summed E-state index contributed by atoms with van der Waals surface area (Å²) in [4.78, 5) is 15.6. The van der Waals surface area contributed by atoms with E-state index in [0.29, 0.717) is 19.4 Å². The maximum atomic E-state index is 12.8. The molecule has 130 valence electrons. The zero-order valence-corrected chi connectivity index (χ0v) is 13.4. The van der Waals surface area contributed by atoms with Crippen molar-refractivity contribution < 1.29 is 27.1 Å². The van der Waals surface area contributed by atoms with Gasteiger partial charge >= 0.3 is 6.18 Å². The Kier molecular flexibility index (Phi) is 5.03. The fraction of sp³-hybridized carbons (Fsp3) is 0.733. The van der Waals surface area contributed by atoms with Gasteiger partial charge in [0.05, 0.1) is 6.10 Å². The Hall–Kier alpha value is -1.57. The van der Waals surface area contributed by atoms with Gasteiger partial charge in [-0.3, -0.25) is 4.79 Å². The quantitative estimate of drug-likeness (QED) is 0.866. The number of carbonyl (C=O) groups is 1. The average molecular weight is 334 g/mol. The summed E-state index contributed by atoms with van der Waals surface area (Å²) in [5, 5.41) is 2.67. The highest BCUT2D eigenvalue weighted by atomic mass is 19.4. The number of hydrogen-bond acceptors (Lipinski definition) is 4. The van der Waals surface area contributed by atoms with Crippen molar-refractivity contribution in [1.82, 2.24) is 10.3 Å². The molecule has 23 heavy (non-hydrogen) atoms. The normalized spacial score (nSPS) is 23.4. The predicted octanol–water partition coefficient (Wildman–Crippen LogP) is 3.41. The van der Waals surface area contributed by atoms with Crippen LogP contribution in [0.4, 0.5) is 13.2 Å². The topological polar surface area (TPSA) is 64.4 Å². The van der Waals surface area contributed by atoms with Crippen LogP contribution < -0.4 is 5.32 Å². The second-order valence-corrected chi connectivity index (χ2v) is 5.67. The summed E-state index contributed by atoms with van der Waals surface area (Å²) in [5.41, 5.74) is -0.980. The van der Waals surface area contributed by atoms with Crippen molar-refractivity contribution in [3.8, 4) is 0 Å². The minimum Gasteiger partial charge on any atom is -0.438 e. The molecule has 0 spiro atoms. The zero-order chi connectivity index (χ0) is 17.3. The summed E-state index contributed by atoms with van der Waals surface area (Å²) >= 11 is 0. The van der Waals surface area contributed by atoms with Crippen LogP contribution in [-0.4, -0.2) is 29.6 Å². The maximum absolute atomic E-state index is 12.8. The summed E-state index contributed by atoms with van der Waals surface area (Å²) in [6.07, 6.45) is -1.99. The van der Waals surface area contributed by atoms with Crippen LogP contribution in [0.5, 0.6) is 0 Å². The number of nitrogens with one attached hydrogen (secondary N) is 1. The minimum absolute atomic E-state index is 0.00666. The molecule has 2 rings (SSSR count). The monoisotopic (exact) mass is 334 g/mol. The van der Waals surface area contributed by atoms with Crippen molar-refractivity contribution in [1.29, 1.82) is 0 Å². The van der Waals surface area contributed by atoms with Gasteiger partial charge < -0.3 is 14.5 Å². The van der Waals surface area contributed by atoms with Gasteiger partial charge in [-0.05, 0) is 26.2 Å². The highest BCUT2D eigenvalue weighted by Gasteiger charge is 2.54. The van der Waals surface area contributed by atoms with E-state index < -0.39 is 23.5 Å². The first-order valence-electron chi connectivity index (χ1n) is 7.73. The molecule has 2 atom stereocenters. The Labute approximate surface area is 132 Å². The molecule has 1 aromatic heterocycles. The van der Waals surface area contributed by atoms with Crippen LogP contribution >= 0.6 is 0 Å². The van der Waals surface area contributed by atoms with Crippen LogP contribution in [0, 0.1) is 5.41 Å². The number of nitrogens with zero attached hydrogens (tertiary/aromatic N) is 1. The largest absolute Gasteiger partial charge is 0.452 e. The van der Waals surface area contributed by atoms with Crippen LogP contribution in [0.2, 0.25) is 0 Å². The van der Waals surface area contributed by atoms with Crippen LogP contribution in [0.25, 0.3) is 0 Å². The Morgan fingerprint density at radius 2 is 2.09 bits per heavy atom. The molecule has 1 heterocycles. The smallest absolute Gasteiger partial charge is 0.438 e. The molecule has 1 aliphatic rings. The summed E-state index contributed by atoms with van der Waals surface area (Å²) in [6, 6.07) is -0.237. The van der Waals surface area contributed by atoms with Crippen molar-refractivity contribution in [2.45, 2.75) is 58.4 Å². The second kappa shape index (κ2) is 6.51. The van der Waals surface area contributed by atoms with E-state index in [9.17, 15) is 18.0 Å². The van der Waals surface area contributed by atoms with Crippen LogP contribution in [0.15, 0.2) is 10.8 Å². The summed E-state index contributed by atoms with van der Waals surface area (Å²) in [5.74, 6) is -2.23. The molecule has 1 fully saturated rings. The molecule has 1 aromatic rings. The number of ether oxygens (including phenoxy) is 1. The highest BCUT2D eigenvalue weighted by molar-refractivity contribution is 5.93. The van der Waals surface area contributed by atoms with Gasteiger partial charge in [-0.25, -0.2) is 4.98 Å². The molecule has 0 saturated heterocycles. The summed E-state index contributed by atoms with van der Waals surface area (Å²) in [6.45, 7) is 6.44. The molecule has 5 nitrogen and oxygen atoms in total. The van der Waals surface area contributed by atoms with Crippen LogP contribution in [-0.2, 0) is 10.9 Å². The van der Waals surface area contributed by atoms with Crippen LogP contribution in [0.3, 0.4) is 0 Å². The van der Waals surface area contributed by atoms with Crippen molar-refractivity contribution in [2.24, 2.45) is 5.41 Å². The van der Waals surface area contributed by atoms with Crippen molar-refractivity contribution in [3.63, 3.8) is 0 Å². The van der Waals surface area contributed by atoms with E-state index in [-0.39, 0.29) is 17.6 Å². The van der Waals surface area contributed by atoms with E-state index in [1.165, 1.54) is 0 Å². The number of oxazole rings is 1. The molecule has 8 heteroatoms. The standard InChI is InChI=1S/C15H21F3N2O3/c1-4-14(5-2)9(7-10(14)22-6-3)20-13(21)11-12(15(16,17)18)23-8-19-11/h8-10H,4-7H2,1-3H3,(H,20,21)/t9-,10+/m1/s1.